The number of aromatic nitrogens is 1. The van der Waals surface area contributed by atoms with Gasteiger partial charge in [0.1, 0.15) is 11.9 Å². The molecule has 2 aromatic rings. The summed E-state index contributed by atoms with van der Waals surface area (Å²) >= 11 is 0. The summed E-state index contributed by atoms with van der Waals surface area (Å²) in [6, 6.07) is 10.9. The molecule has 31 heavy (non-hydrogen) atoms. The van der Waals surface area contributed by atoms with E-state index in [-0.39, 0.29) is 29.7 Å². The summed E-state index contributed by atoms with van der Waals surface area (Å²) in [6.45, 7) is 4.53. The standard InChI is InChI=1S/C26H30FNO3/c1-26(2)16-19(17-9-11-28-12-10-17)13-23(18-3-5-20(27)6-4-18)24(26)8-7-22-14-21(29)15-25(30)31-22/h3-6,9-12,19,21-22,29H,7-8,13-16H2,1-2H3/t19?,21-,22-/m1/s1. The lowest BCUT2D eigenvalue weighted by atomic mass is 9.64. The van der Waals surface area contributed by atoms with Crippen LogP contribution in [0.2, 0.25) is 0 Å². The maximum atomic E-state index is 13.6. The summed E-state index contributed by atoms with van der Waals surface area (Å²) < 4.78 is 19.1. The van der Waals surface area contributed by atoms with Gasteiger partial charge in [0.05, 0.1) is 12.5 Å². The third-order valence-electron chi connectivity index (χ3n) is 6.71. The highest BCUT2D eigenvalue weighted by molar-refractivity contribution is 5.72. The molecule has 164 valence electrons. The molecule has 0 saturated carbocycles. The van der Waals surface area contributed by atoms with Gasteiger partial charge in [-0.25, -0.2) is 4.39 Å². The Hall–Kier alpha value is -2.53. The number of ether oxygens (including phenoxy) is 1. The number of benzene rings is 1. The van der Waals surface area contributed by atoms with Crippen LogP contribution in [0.4, 0.5) is 4.39 Å². The quantitative estimate of drug-likeness (QED) is 0.652. The van der Waals surface area contributed by atoms with Crippen LogP contribution in [0.1, 0.15) is 69.4 Å². The molecule has 0 bridgehead atoms. The predicted molar refractivity (Wildman–Crippen MR) is 118 cm³/mol. The first-order chi connectivity index (χ1) is 14.8. The van der Waals surface area contributed by atoms with Gasteiger partial charge in [0.15, 0.2) is 0 Å². The Morgan fingerprint density at radius 2 is 1.84 bits per heavy atom. The van der Waals surface area contributed by atoms with Crippen molar-refractivity contribution in [1.29, 1.82) is 0 Å². The summed E-state index contributed by atoms with van der Waals surface area (Å²) in [7, 11) is 0. The zero-order valence-corrected chi connectivity index (χ0v) is 18.2. The van der Waals surface area contributed by atoms with Crippen LogP contribution in [-0.2, 0) is 9.53 Å². The van der Waals surface area contributed by atoms with Crippen LogP contribution in [-0.4, -0.2) is 28.3 Å². The van der Waals surface area contributed by atoms with E-state index >= 15 is 0 Å². The third-order valence-corrected chi connectivity index (χ3v) is 6.71. The minimum Gasteiger partial charge on any atom is -0.462 e. The maximum Gasteiger partial charge on any atom is 0.308 e. The van der Waals surface area contributed by atoms with Gasteiger partial charge in [0.25, 0.3) is 0 Å². The lowest BCUT2D eigenvalue weighted by molar-refractivity contribution is -0.160. The number of aliphatic hydroxyl groups excluding tert-OH is 1. The number of hydrogen-bond acceptors (Lipinski definition) is 4. The lowest BCUT2D eigenvalue weighted by Gasteiger charge is -2.41. The van der Waals surface area contributed by atoms with Gasteiger partial charge < -0.3 is 9.84 Å². The summed E-state index contributed by atoms with van der Waals surface area (Å²) in [5, 5.41) is 9.95. The van der Waals surface area contributed by atoms with Crippen LogP contribution in [0.3, 0.4) is 0 Å². The lowest BCUT2D eigenvalue weighted by Crippen LogP contribution is -2.33. The molecule has 3 atom stereocenters. The molecular formula is C26H30FNO3. The molecule has 4 nitrogen and oxygen atoms in total. The number of cyclic esters (lactones) is 1. The normalized spacial score (nSPS) is 25.9. The highest BCUT2D eigenvalue weighted by atomic mass is 19.1. The average molecular weight is 424 g/mol. The van der Waals surface area contributed by atoms with Crippen molar-refractivity contribution in [3.63, 3.8) is 0 Å². The van der Waals surface area contributed by atoms with Crippen LogP contribution >= 0.6 is 0 Å². The highest BCUT2D eigenvalue weighted by Crippen LogP contribution is 2.51. The monoisotopic (exact) mass is 423 g/mol. The number of rotatable bonds is 5. The number of halogens is 1. The van der Waals surface area contributed by atoms with Crippen molar-refractivity contribution in [1.82, 2.24) is 4.98 Å². The number of nitrogens with zero attached hydrogens (tertiary/aromatic N) is 1. The van der Waals surface area contributed by atoms with Crippen LogP contribution < -0.4 is 0 Å². The molecule has 1 N–H and O–H groups in total. The van der Waals surface area contributed by atoms with Crippen molar-refractivity contribution in [3.8, 4) is 0 Å². The molecule has 1 saturated heterocycles. The number of pyridine rings is 1. The molecule has 0 radical (unpaired) electrons. The topological polar surface area (TPSA) is 59.4 Å². The zero-order chi connectivity index (χ0) is 22.0. The second-order valence-electron chi connectivity index (χ2n) is 9.48. The van der Waals surface area contributed by atoms with Crippen LogP contribution in [0.25, 0.3) is 5.57 Å². The van der Waals surface area contributed by atoms with Gasteiger partial charge >= 0.3 is 5.97 Å². The fraction of sp³-hybridized carbons (Fsp3) is 0.462. The minimum atomic E-state index is -0.618. The molecule has 2 heterocycles. The summed E-state index contributed by atoms with van der Waals surface area (Å²) in [5.74, 6) is -0.206. The summed E-state index contributed by atoms with van der Waals surface area (Å²) in [5.41, 5.74) is 4.84. The maximum absolute atomic E-state index is 13.6. The largest absolute Gasteiger partial charge is 0.462 e. The van der Waals surface area contributed by atoms with Crippen LogP contribution in [0.15, 0.2) is 54.4 Å². The van der Waals surface area contributed by atoms with Gasteiger partial charge in [-0.1, -0.05) is 31.6 Å². The van der Waals surface area contributed by atoms with E-state index in [4.69, 9.17) is 4.74 Å². The second kappa shape index (κ2) is 8.91. The molecule has 2 aliphatic rings. The molecule has 1 unspecified atom stereocenters. The molecule has 1 aromatic carbocycles. The zero-order valence-electron chi connectivity index (χ0n) is 18.2. The Bertz CT molecular complexity index is 952. The van der Waals surface area contributed by atoms with Crippen molar-refractivity contribution in [2.45, 2.75) is 70.5 Å². The smallest absolute Gasteiger partial charge is 0.308 e. The Kier molecular flexibility index (Phi) is 6.24. The van der Waals surface area contributed by atoms with E-state index in [0.717, 1.165) is 24.8 Å². The Balaban J connectivity index is 1.66. The summed E-state index contributed by atoms with van der Waals surface area (Å²) in [6.07, 6.45) is 6.72. The number of carbonyl (C=O) groups excluding carboxylic acids is 1. The van der Waals surface area contributed by atoms with E-state index in [9.17, 15) is 14.3 Å². The molecule has 1 fully saturated rings. The van der Waals surface area contributed by atoms with E-state index in [1.807, 2.05) is 24.5 Å². The number of carbonyl (C=O) groups is 1. The van der Waals surface area contributed by atoms with Crippen LogP contribution in [0, 0.1) is 11.2 Å². The molecule has 0 amide bonds. The number of allylic oxidation sites excluding steroid dienone is 2. The Labute approximate surface area is 183 Å². The third kappa shape index (κ3) is 5.04. The summed E-state index contributed by atoms with van der Waals surface area (Å²) in [4.78, 5) is 15.9. The van der Waals surface area contributed by atoms with Gasteiger partial charge in [-0.3, -0.25) is 9.78 Å². The van der Waals surface area contributed by atoms with Gasteiger partial charge in [-0.05, 0) is 78.0 Å². The predicted octanol–water partition coefficient (Wildman–Crippen LogP) is 5.42. The van der Waals surface area contributed by atoms with E-state index in [1.165, 1.54) is 28.8 Å². The number of hydrogen-bond donors (Lipinski definition) is 1. The van der Waals surface area contributed by atoms with Crippen molar-refractivity contribution < 1.29 is 19.0 Å². The van der Waals surface area contributed by atoms with Crippen molar-refractivity contribution in [2.75, 3.05) is 0 Å². The SMILES string of the molecule is CC1(C)CC(c2ccncc2)CC(c2ccc(F)cc2)=C1CC[C@@H]1C[C@@H](O)CC(=O)O1. The molecule has 1 aromatic heterocycles. The van der Waals surface area contributed by atoms with Gasteiger partial charge in [0.2, 0.25) is 0 Å². The van der Waals surface area contributed by atoms with E-state index < -0.39 is 6.10 Å². The first-order valence-corrected chi connectivity index (χ1v) is 11.1. The van der Waals surface area contributed by atoms with Crippen LogP contribution in [0.5, 0.6) is 0 Å². The fourth-order valence-electron chi connectivity index (χ4n) is 5.24. The molecule has 1 aliphatic carbocycles. The van der Waals surface area contributed by atoms with Gasteiger partial charge in [0, 0.05) is 18.8 Å². The second-order valence-corrected chi connectivity index (χ2v) is 9.48. The molecule has 4 rings (SSSR count). The molecule has 0 spiro atoms. The van der Waals surface area contributed by atoms with E-state index in [0.29, 0.717) is 18.8 Å². The minimum absolute atomic E-state index is 0.0623. The van der Waals surface area contributed by atoms with E-state index in [1.54, 1.807) is 0 Å². The first kappa shape index (κ1) is 21.7. The molecular weight excluding hydrogens is 393 g/mol. The van der Waals surface area contributed by atoms with Gasteiger partial charge in [-0.2, -0.15) is 0 Å². The molecule has 5 heteroatoms. The molecule has 1 aliphatic heterocycles. The van der Waals surface area contributed by atoms with E-state index in [2.05, 4.69) is 31.0 Å². The van der Waals surface area contributed by atoms with Crippen molar-refractivity contribution in [3.05, 3.63) is 71.3 Å². The number of aliphatic hydroxyl groups is 1. The number of esters is 1. The average Bonchev–Trinajstić information content (AvgIpc) is 2.72. The fourth-order valence-corrected chi connectivity index (χ4v) is 5.24. The highest BCUT2D eigenvalue weighted by Gasteiger charge is 2.37. The van der Waals surface area contributed by atoms with Crippen molar-refractivity contribution >= 4 is 11.5 Å². The van der Waals surface area contributed by atoms with Gasteiger partial charge in [-0.15, -0.1) is 0 Å². The Morgan fingerprint density at radius 3 is 2.52 bits per heavy atom. The van der Waals surface area contributed by atoms with Crippen molar-refractivity contribution in [2.24, 2.45) is 5.41 Å². The first-order valence-electron chi connectivity index (χ1n) is 11.1. The Morgan fingerprint density at radius 1 is 1.13 bits per heavy atom.